The number of pyridine rings is 1. The van der Waals surface area contributed by atoms with Crippen molar-refractivity contribution in [3.63, 3.8) is 0 Å². The second-order valence-corrected chi connectivity index (χ2v) is 10.2. The Morgan fingerprint density at radius 1 is 1.18 bits per heavy atom. The third-order valence-electron chi connectivity index (χ3n) is 7.43. The van der Waals surface area contributed by atoms with Crippen LogP contribution >= 0.6 is 0 Å². The van der Waals surface area contributed by atoms with Crippen molar-refractivity contribution in [2.45, 2.75) is 45.6 Å². The Bertz CT molecular complexity index is 1350. The molecule has 1 saturated heterocycles. The number of carbonyl (C=O) groups excluding carboxylic acids is 1. The minimum Gasteiger partial charge on any atom is -0.375 e. The molecule has 5 rings (SSSR count). The number of aryl methyl sites for hydroxylation is 1. The molecule has 1 fully saturated rings. The van der Waals surface area contributed by atoms with Crippen LogP contribution < -0.4 is 16.0 Å². The van der Waals surface area contributed by atoms with Crippen LogP contribution in [-0.4, -0.2) is 60.0 Å². The number of nitrogens with one attached hydrogen (secondary N) is 3. The fraction of sp³-hybridized carbons (Fsp3) is 0.400. The van der Waals surface area contributed by atoms with Crippen LogP contribution in [0.3, 0.4) is 0 Å². The van der Waals surface area contributed by atoms with E-state index in [1.165, 1.54) is 19.2 Å². The predicted molar refractivity (Wildman–Crippen MR) is 158 cm³/mol. The number of carbonyl (C=O) groups is 1. The van der Waals surface area contributed by atoms with Crippen LogP contribution in [0, 0.1) is 12.3 Å². The van der Waals surface area contributed by atoms with Crippen LogP contribution in [0.1, 0.15) is 54.1 Å². The number of nitrogens with zero attached hydrogens (tertiary/aromatic N) is 6. The van der Waals surface area contributed by atoms with Crippen LogP contribution in [0.5, 0.6) is 0 Å². The van der Waals surface area contributed by atoms with Crippen LogP contribution in [0.25, 0.3) is 0 Å². The maximum atomic E-state index is 12.9. The van der Waals surface area contributed by atoms with Gasteiger partial charge in [0.15, 0.2) is 0 Å². The SMILES string of the molecule is CCc1cnccc1CNC(=O)c1cccc(NCC2=[N+](CCCC3CCCNC3)/C(=C3/[CH]C=NC=N3)N=N2)c1. The van der Waals surface area contributed by atoms with Gasteiger partial charge in [-0.1, -0.05) is 13.0 Å². The van der Waals surface area contributed by atoms with Crippen molar-refractivity contribution in [2.75, 3.05) is 31.5 Å². The Hall–Kier alpha value is -4.05. The first-order valence-electron chi connectivity index (χ1n) is 14.1. The lowest BCUT2D eigenvalue weighted by molar-refractivity contribution is -0.476. The number of rotatable bonds is 11. The molecular weight excluding hydrogens is 502 g/mol. The first-order chi connectivity index (χ1) is 19.7. The van der Waals surface area contributed by atoms with Gasteiger partial charge in [-0.3, -0.25) is 9.78 Å². The molecule has 1 unspecified atom stereocenters. The summed E-state index contributed by atoms with van der Waals surface area (Å²) in [4.78, 5) is 25.5. The largest absolute Gasteiger partial charge is 0.375 e. The number of amidine groups is 1. The van der Waals surface area contributed by atoms with Crippen molar-refractivity contribution in [3.8, 4) is 0 Å². The van der Waals surface area contributed by atoms with E-state index in [1.807, 2.05) is 42.9 Å². The van der Waals surface area contributed by atoms with Gasteiger partial charge in [0.05, 0.1) is 23.2 Å². The molecule has 0 bridgehead atoms. The zero-order valence-corrected chi connectivity index (χ0v) is 23.0. The van der Waals surface area contributed by atoms with Gasteiger partial charge in [0.25, 0.3) is 5.91 Å². The molecule has 10 nitrogen and oxygen atoms in total. The summed E-state index contributed by atoms with van der Waals surface area (Å²) in [7, 11) is 0. The zero-order valence-electron chi connectivity index (χ0n) is 23.0. The highest BCUT2D eigenvalue weighted by molar-refractivity contribution is 5.95. The Balaban J connectivity index is 1.24. The molecule has 0 spiro atoms. The van der Waals surface area contributed by atoms with E-state index in [4.69, 9.17) is 0 Å². The molecule has 1 atom stereocenters. The van der Waals surface area contributed by atoms with Crippen LogP contribution in [-0.2, 0) is 13.0 Å². The van der Waals surface area contributed by atoms with E-state index in [0.29, 0.717) is 18.7 Å². The fourth-order valence-electron chi connectivity index (χ4n) is 5.20. The van der Waals surface area contributed by atoms with Crippen molar-refractivity contribution in [1.29, 1.82) is 0 Å². The molecule has 1 aromatic carbocycles. The van der Waals surface area contributed by atoms with Crippen LogP contribution in [0.15, 0.2) is 74.5 Å². The number of hydrogen-bond donors (Lipinski definition) is 3. The van der Waals surface area contributed by atoms with Gasteiger partial charge in [-0.15, -0.1) is 0 Å². The fourth-order valence-corrected chi connectivity index (χ4v) is 5.20. The van der Waals surface area contributed by atoms with Gasteiger partial charge in [0.1, 0.15) is 18.6 Å². The normalized spacial score (nSPS) is 20.3. The molecule has 3 aliphatic rings. The number of amides is 1. The maximum Gasteiger partial charge on any atom is 0.328 e. The minimum absolute atomic E-state index is 0.117. The number of benzene rings is 1. The van der Waals surface area contributed by atoms with E-state index in [0.717, 1.165) is 79.0 Å². The first kappa shape index (κ1) is 27.5. The molecule has 4 heterocycles. The highest BCUT2D eigenvalue weighted by Crippen LogP contribution is 2.22. The third-order valence-corrected chi connectivity index (χ3v) is 7.43. The number of aliphatic imine (C=N–C) groups is 2. The Kier molecular flexibility index (Phi) is 9.52. The molecule has 1 aromatic heterocycles. The molecule has 40 heavy (non-hydrogen) atoms. The smallest absolute Gasteiger partial charge is 0.328 e. The molecule has 207 valence electrons. The standard InChI is InChI=1S/C30H36N9O/c1-2-23-18-32-13-10-25(23)19-35-30(40)24-8-3-9-26(16-24)34-20-28-37-38-29(27-11-14-33-21-36-27)39(28)15-5-7-22-6-4-12-31-17-22/h3,8-11,13-14,16,18,21-22,31,34H,2,4-7,12,15,17,19-20H2,1H3/p+1. The third kappa shape index (κ3) is 7.12. The van der Waals surface area contributed by atoms with Crippen LogP contribution in [0.4, 0.5) is 5.69 Å². The Morgan fingerprint density at radius 2 is 2.12 bits per heavy atom. The topological polar surface area (TPSA) is 118 Å². The lowest BCUT2D eigenvalue weighted by Gasteiger charge is -2.22. The van der Waals surface area contributed by atoms with Crippen molar-refractivity contribution >= 4 is 30.0 Å². The van der Waals surface area contributed by atoms with Crippen molar-refractivity contribution in [2.24, 2.45) is 26.1 Å². The summed E-state index contributed by atoms with van der Waals surface area (Å²) in [6, 6.07) is 9.48. The number of hydrogen-bond acceptors (Lipinski definition) is 8. The van der Waals surface area contributed by atoms with Gasteiger partial charge >= 0.3 is 11.7 Å². The lowest BCUT2D eigenvalue weighted by Crippen LogP contribution is -2.30. The zero-order chi connectivity index (χ0) is 27.6. The first-order valence-corrected chi connectivity index (χ1v) is 14.1. The summed E-state index contributed by atoms with van der Waals surface area (Å²) in [5, 5.41) is 19.0. The molecule has 2 aromatic rings. The number of allylic oxidation sites excluding steroid dienone is 1. The summed E-state index contributed by atoms with van der Waals surface area (Å²) >= 11 is 0. The average molecular weight is 540 g/mol. The van der Waals surface area contributed by atoms with Crippen molar-refractivity contribution < 1.29 is 9.37 Å². The average Bonchev–Trinajstić information content (AvgIpc) is 3.42. The summed E-state index contributed by atoms with van der Waals surface area (Å²) in [5.41, 5.74) is 4.42. The maximum absolute atomic E-state index is 12.9. The molecule has 10 heteroatoms. The Labute approximate surface area is 235 Å². The minimum atomic E-state index is -0.117. The van der Waals surface area contributed by atoms with E-state index in [-0.39, 0.29) is 5.91 Å². The number of aromatic nitrogens is 1. The number of piperidine rings is 1. The van der Waals surface area contributed by atoms with E-state index in [9.17, 15) is 4.79 Å². The van der Waals surface area contributed by atoms with Gasteiger partial charge in [-0.25, -0.2) is 14.6 Å². The number of anilines is 1. The van der Waals surface area contributed by atoms with Crippen LogP contribution in [0.2, 0.25) is 0 Å². The second-order valence-electron chi connectivity index (χ2n) is 10.2. The summed E-state index contributed by atoms with van der Waals surface area (Å²) < 4.78 is 2.15. The lowest BCUT2D eigenvalue weighted by atomic mass is 9.95. The summed E-state index contributed by atoms with van der Waals surface area (Å²) in [6.07, 6.45) is 14.4. The second kappa shape index (κ2) is 13.8. The Morgan fingerprint density at radius 3 is 2.95 bits per heavy atom. The molecular formula is C30H37N9O+. The quantitative estimate of drug-likeness (QED) is 0.372. The number of azo groups is 1. The molecule has 1 amide bonds. The van der Waals surface area contributed by atoms with Crippen molar-refractivity contribution in [3.05, 3.63) is 77.4 Å². The van der Waals surface area contributed by atoms with Gasteiger partial charge in [0, 0.05) is 36.4 Å². The van der Waals surface area contributed by atoms with Gasteiger partial charge in [-0.2, -0.15) is 0 Å². The van der Waals surface area contributed by atoms with Crippen molar-refractivity contribution in [1.82, 2.24) is 15.6 Å². The monoisotopic (exact) mass is 539 g/mol. The molecule has 1 radical (unpaired) electrons. The molecule has 0 saturated carbocycles. The van der Waals surface area contributed by atoms with E-state index in [2.05, 4.69) is 52.6 Å². The van der Waals surface area contributed by atoms with E-state index in [1.54, 1.807) is 12.4 Å². The van der Waals surface area contributed by atoms with Gasteiger partial charge in [-0.05, 0) is 86.5 Å². The highest BCUT2D eigenvalue weighted by Gasteiger charge is 2.30. The molecule has 3 N–H and O–H groups in total. The van der Waals surface area contributed by atoms with E-state index >= 15 is 0 Å². The summed E-state index contributed by atoms with van der Waals surface area (Å²) in [5.74, 6) is 2.18. The van der Waals surface area contributed by atoms with Gasteiger partial charge < -0.3 is 16.0 Å². The van der Waals surface area contributed by atoms with Gasteiger partial charge in [0.2, 0.25) is 0 Å². The molecule has 3 aliphatic heterocycles. The van der Waals surface area contributed by atoms with E-state index < -0.39 is 0 Å². The molecule has 0 aliphatic carbocycles. The predicted octanol–water partition coefficient (Wildman–Crippen LogP) is 4.13. The highest BCUT2D eigenvalue weighted by atomic mass is 16.1. The summed E-state index contributed by atoms with van der Waals surface area (Å²) in [6.45, 7) is 6.07.